The third-order valence-electron chi connectivity index (χ3n) is 13.9. The van der Waals surface area contributed by atoms with Crippen molar-refractivity contribution >= 4 is 66.6 Å². The molecule has 300 valence electrons. The first-order valence-corrected chi connectivity index (χ1v) is 23.2. The van der Waals surface area contributed by atoms with Crippen LogP contribution in [0, 0.1) is 0 Å². The first-order valence-electron chi connectivity index (χ1n) is 21.6. The summed E-state index contributed by atoms with van der Waals surface area (Å²) in [6, 6.07) is 69.4. The van der Waals surface area contributed by atoms with E-state index in [2.05, 4.69) is 182 Å². The highest BCUT2D eigenvalue weighted by atomic mass is 32.1. The van der Waals surface area contributed by atoms with Crippen LogP contribution >= 0.6 is 22.7 Å². The summed E-state index contributed by atoms with van der Waals surface area (Å²) in [6.45, 7) is 0. The lowest BCUT2D eigenvalue weighted by atomic mass is 9.54. The minimum atomic E-state index is -0.773. The topological polar surface area (TPSA) is 44.7 Å². The Labute approximate surface area is 374 Å². The zero-order valence-corrected chi connectivity index (χ0v) is 35.6. The van der Waals surface area contributed by atoms with Crippen LogP contribution in [0.3, 0.4) is 0 Å². The van der Waals surface area contributed by atoms with E-state index in [0.29, 0.717) is 0 Å². The third kappa shape index (κ3) is 4.27. The molecule has 6 heterocycles. The molecule has 0 amide bonds. The van der Waals surface area contributed by atoms with E-state index in [4.69, 9.17) is 18.3 Å². The molecule has 2 spiro atoms. The highest BCUT2D eigenvalue weighted by Crippen LogP contribution is 2.70. The summed E-state index contributed by atoms with van der Waals surface area (Å²) >= 11 is 3.73. The molecule has 0 radical (unpaired) electrons. The van der Waals surface area contributed by atoms with Gasteiger partial charge in [-0.1, -0.05) is 133 Å². The highest BCUT2D eigenvalue weighted by Gasteiger charge is 2.61. The lowest BCUT2D eigenvalue weighted by Gasteiger charge is -2.50. The van der Waals surface area contributed by atoms with Gasteiger partial charge < -0.3 is 18.3 Å². The SMILES string of the molecule is c1ccc2c(c1)Oc1ccccc1C21c2cc(-c3cccc4c3oc3ccccc34)sc2C2(c3ccccc3Oc3ccccc32)c2cc(-c3cccc4c3oc3ccccc34)sc21. The molecule has 12 aromatic rings. The Balaban J connectivity index is 1.14. The molecule has 1 aliphatic carbocycles. The summed E-state index contributed by atoms with van der Waals surface area (Å²) in [6.07, 6.45) is 0. The van der Waals surface area contributed by atoms with E-state index >= 15 is 0 Å². The van der Waals surface area contributed by atoms with E-state index in [0.717, 1.165) is 110 Å². The standard InChI is InChI=1S/C58H32O4S2/c1-7-25-45-33(15-1)35-17-13-19-37(53(35)61-45)51-31-43-55(63-51)58(41-23-5-11-29-49(41)60-50-30-12-6-24-42(50)58)44-32-52(38-20-14-18-36-34-16-2-8-26-46(34)62-54(36)38)64-56(44)57(43)39-21-3-9-27-47(39)59-48-28-10-4-22-40(48)57/h1-32H. The van der Waals surface area contributed by atoms with Gasteiger partial charge in [-0.2, -0.15) is 0 Å². The molecule has 4 nitrogen and oxygen atoms in total. The fourth-order valence-corrected chi connectivity index (χ4v) is 14.3. The minimum Gasteiger partial charge on any atom is -0.457 e. The first kappa shape index (κ1) is 34.9. The van der Waals surface area contributed by atoms with Crippen molar-refractivity contribution in [3.05, 3.63) is 237 Å². The summed E-state index contributed by atoms with van der Waals surface area (Å²) in [5, 5.41) is 4.44. The Kier molecular flexibility index (Phi) is 6.82. The van der Waals surface area contributed by atoms with E-state index in [1.165, 1.54) is 20.9 Å². The monoisotopic (exact) mass is 856 g/mol. The third-order valence-corrected chi connectivity index (χ3v) is 16.5. The maximum Gasteiger partial charge on any atom is 0.144 e. The van der Waals surface area contributed by atoms with Gasteiger partial charge in [0.15, 0.2) is 0 Å². The van der Waals surface area contributed by atoms with Gasteiger partial charge in [0.25, 0.3) is 0 Å². The van der Waals surface area contributed by atoms with Crippen LogP contribution in [-0.2, 0) is 10.8 Å². The smallest absolute Gasteiger partial charge is 0.144 e. The number of benzene rings is 8. The average molecular weight is 857 g/mol. The Morgan fingerprint density at radius 2 is 0.656 bits per heavy atom. The van der Waals surface area contributed by atoms with E-state index in [-0.39, 0.29) is 0 Å². The van der Waals surface area contributed by atoms with Crippen LogP contribution in [0.2, 0.25) is 0 Å². The van der Waals surface area contributed by atoms with E-state index in [1.54, 1.807) is 0 Å². The Bertz CT molecular complexity index is 3560. The van der Waals surface area contributed by atoms with Gasteiger partial charge in [-0.3, -0.25) is 0 Å². The van der Waals surface area contributed by atoms with Crippen molar-refractivity contribution in [3.63, 3.8) is 0 Å². The molecule has 2 aliphatic heterocycles. The molecule has 4 aromatic heterocycles. The Hall–Kier alpha value is -7.64. The van der Waals surface area contributed by atoms with Crippen molar-refractivity contribution in [1.82, 2.24) is 0 Å². The second-order valence-corrected chi connectivity index (χ2v) is 19.1. The molecule has 0 bridgehead atoms. The molecule has 0 fully saturated rings. The zero-order chi connectivity index (χ0) is 41.7. The Morgan fingerprint density at radius 3 is 1.06 bits per heavy atom. The molecule has 0 saturated heterocycles. The number of hydrogen-bond acceptors (Lipinski definition) is 6. The van der Waals surface area contributed by atoms with Gasteiger partial charge in [0.2, 0.25) is 0 Å². The molecule has 0 saturated carbocycles. The number of para-hydroxylation sites is 8. The van der Waals surface area contributed by atoms with Gasteiger partial charge >= 0.3 is 0 Å². The molecule has 0 atom stereocenters. The predicted octanol–water partition coefficient (Wildman–Crippen LogP) is 16.2. The predicted molar refractivity (Wildman–Crippen MR) is 258 cm³/mol. The zero-order valence-electron chi connectivity index (χ0n) is 33.9. The van der Waals surface area contributed by atoms with Crippen molar-refractivity contribution in [2.75, 3.05) is 0 Å². The van der Waals surface area contributed by atoms with Crippen molar-refractivity contribution in [3.8, 4) is 43.9 Å². The molecule has 15 rings (SSSR count). The van der Waals surface area contributed by atoms with Crippen LogP contribution in [0.25, 0.3) is 64.8 Å². The number of fused-ring (bicyclic) bond motifs is 20. The highest BCUT2D eigenvalue weighted by molar-refractivity contribution is 7.17. The van der Waals surface area contributed by atoms with Gasteiger partial charge in [-0.25, -0.2) is 0 Å². The van der Waals surface area contributed by atoms with Gasteiger partial charge in [0.05, 0.1) is 10.8 Å². The van der Waals surface area contributed by atoms with Gasteiger partial charge in [0, 0.05) is 74.4 Å². The minimum absolute atomic E-state index is 0.773. The molecule has 0 unspecified atom stereocenters. The quantitative estimate of drug-likeness (QED) is 0.174. The van der Waals surface area contributed by atoms with Crippen LogP contribution in [0.4, 0.5) is 0 Å². The van der Waals surface area contributed by atoms with E-state index in [9.17, 15) is 0 Å². The number of rotatable bonds is 2. The fraction of sp³-hybridized carbons (Fsp3) is 0.0345. The summed E-state index contributed by atoms with van der Waals surface area (Å²) in [5.41, 5.74) is 11.0. The summed E-state index contributed by atoms with van der Waals surface area (Å²) < 4.78 is 27.4. The molecular formula is C58H32O4S2. The van der Waals surface area contributed by atoms with Crippen LogP contribution in [-0.4, -0.2) is 0 Å². The molecule has 0 N–H and O–H groups in total. The fourth-order valence-electron chi connectivity index (χ4n) is 11.3. The maximum atomic E-state index is 6.91. The van der Waals surface area contributed by atoms with Gasteiger partial charge in [-0.05, 0) is 71.8 Å². The lowest BCUT2D eigenvalue weighted by Crippen LogP contribution is -2.45. The van der Waals surface area contributed by atoms with Gasteiger partial charge in [0.1, 0.15) is 45.3 Å². The van der Waals surface area contributed by atoms with E-state index in [1.807, 2.05) is 34.8 Å². The maximum absolute atomic E-state index is 6.91. The number of hydrogen-bond donors (Lipinski definition) is 0. The summed E-state index contributed by atoms with van der Waals surface area (Å²) in [7, 11) is 0. The number of furan rings is 2. The second kappa shape index (κ2) is 12.5. The summed E-state index contributed by atoms with van der Waals surface area (Å²) in [4.78, 5) is 4.76. The van der Waals surface area contributed by atoms with Crippen LogP contribution < -0.4 is 9.47 Å². The summed E-state index contributed by atoms with van der Waals surface area (Å²) in [5.74, 6) is 3.40. The van der Waals surface area contributed by atoms with Crippen molar-refractivity contribution in [2.45, 2.75) is 10.8 Å². The Morgan fingerprint density at radius 1 is 0.312 bits per heavy atom. The second-order valence-electron chi connectivity index (χ2n) is 17.0. The van der Waals surface area contributed by atoms with Crippen LogP contribution in [0.5, 0.6) is 23.0 Å². The van der Waals surface area contributed by atoms with Crippen molar-refractivity contribution in [2.24, 2.45) is 0 Å². The molecule has 64 heavy (non-hydrogen) atoms. The van der Waals surface area contributed by atoms with E-state index < -0.39 is 10.8 Å². The molecule has 3 aliphatic rings. The van der Waals surface area contributed by atoms with Crippen LogP contribution in [0.1, 0.15) is 43.1 Å². The number of thiophene rings is 2. The first-order chi connectivity index (χ1) is 31.7. The molecule has 8 aromatic carbocycles. The molecular weight excluding hydrogens is 825 g/mol. The average Bonchev–Trinajstić information content (AvgIpc) is 4.16. The molecule has 6 heteroatoms. The van der Waals surface area contributed by atoms with Crippen molar-refractivity contribution in [1.29, 1.82) is 0 Å². The van der Waals surface area contributed by atoms with Crippen molar-refractivity contribution < 1.29 is 18.3 Å². The normalized spacial score (nSPS) is 14.8. The van der Waals surface area contributed by atoms with Gasteiger partial charge in [-0.15, -0.1) is 22.7 Å². The lowest BCUT2D eigenvalue weighted by molar-refractivity contribution is 0.418. The van der Waals surface area contributed by atoms with Crippen LogP contribution in [0.15, 0.2) is 203 Å². The largest absolute Gasteiger partial charge is 0.457 e. The number of ether oxygens (including phenoxy) is 2.